The molecule has 1 heterocycles. The summed E-state index contributed by atoms with van der Waals surface area (Å²) in [6, 6.07) is 14.8. The van der Waals surface area contributed by atoms with E-state index in [-0.39, 0.29) is 24.3 Å². The van der Waals surface area contributed by atoms with Gasteiger partial charge in [-0.25, -0.2) is 0 Å². The summed E-state index contributed by atoms with van der Waals surface area (Å²) in [4.78, 5) is 22.8. The van der Waals surface area contributed by atoms with Crippen molar-refractivity contribution in [2.24, 2.45) is 0 Å². The van der Waals surface area contributed by atoms with Crippen molar-refractivity contribution in [1.29, 1.82) is 0 Å². The van der Waals surface area contributed by atoms with Crippen LogP contribution in [-0.2, 0) is 9.59 Å². The molecule has 1 aliphatic rings. The Balaban J connectivity index is 2.05. The van der Waals surface area contributed by atoms with E-state index in [9.17, 15) is 9.59 Å². The lowest BCUT2D eigenvalue weighted by Crippen LogP contribution is -2.21. The summed E-state index contributed by atoms with van der Waals surface area (Å²) in [7, 11) is 0. The first-order valence-electron chi connectivity index (χ1n) is 6.71. The highest BCUT2D eigenvalue weighted by molar-refractivity contribution is 5.78. The molecule has 1 atom stereocenters. The smallest absolute Gasteiger partial charge is 0.312 e. The Labute approximate surface area is 122 Å². The number of ether oxygens (including phenoxy) is 2. The molecular weight excluding hydrogens is 268 g/mol. The van der Waals surface area contributed by atoms with Crippen molar-refractivity contribution in [3.63, 3.8) is 0 Å². The number of fused-ring (bicyclic) bond motifs is 1. The Morgan fingerprint density at radius 2 is 1.95 bits per heavy atom. The Hall–Kier alpha value is -2.62. The summed E-state index contributed by atoms with van der Waals surface area (Å²) in [6.07, 6.45) is 0.278. The van der Waals surface area contributed by atoms with Crippen LogP contribution in [0.2, 0.25) is 0 Å². The van der Waals surface area contributed by atoms with Gasteiger partial charge in [0.25, 0.3) is 0 Å². The van der Waals surface area contributed by atoms with Crippen LogP contribution in [0.5, 0.6) is 11.5 Å². The van der Waals surface area contributed by atoms with Gasteiger partial charge in [0.1, 0.15) is 11.5 Å². The van der Waals surface area contributed by atoms with E-state index in [1.54, 1.807) is 18.2 Å². The van der Waals surface area contributed by atoms with Crippen LogP contribution in [0, 0.1) is 0 Å². The Kier molecular flexibility index (Phi) is 3.44. The van der Waals surface area contributed by atoms with E-state index in [0.717, 1.165) is 11.1 Å². The first kappa shape index (κ1) is 13.4. The van der Waals surface area contributed by atoms with Crippen LogP contribution in [0.15, 0.2) is 48.5 Å². The molecule has 4 nitrogen and oxygen atoms in total. The van der Waals surface area contributed by atoms with Crippen molar-refractivity contribution in [2.75, 3.05) is 0 Å². The minimum atomic E-state index is -0.376. The molecule has 0 spiro atoms. The van der Waals surface area contributed by atoms with Gasteiger partial charge in [-0.2, -0.15) is 0 Å². The second-order valence-corrected chi connectivity index (χ2v) is 4.93. The fraction of sp³-hybridized carbons (Fsp3) is 0.176. The molecule has 0 bridgehead atoms. The predicted molar refractivity (Wildman–Crippen MR) is 76.3 cm³/mol. The van der Waals surface area contributed by atoms with E-state index < -0.39 is 0 Å². The molecule has 0 amide bonds. The number of hydrogen-bond acceptors (Lipinski definition) is 4. The zero-order valence-corrected chi connectivity index (χ0v) is 11.5. The highest BCUT2D eigenvalue weighted by atomic mass is 16.5. The second-order valence-electron chi connectivity index (χ2n) is 4.93. The summed E-state index contributed by atoms with van der Waals surface area (Å²) >= 11 is 0. The Bertz CT molecular complexity index is 691. The Morgan fingerprint density at radius 1 is 1.19 bits per heavy atom. The third-order valence-corrected chi connectivity index (χ3v) is 3.41. The predicted octanol–water partition coefficient (Wildman–Crippen LogP) is 3.05. The first-order valence-corrected chi connectivity index (χ1v) is 6.71. The monoisotopic (exact) mass is 282 g/mol. The van der Waals surface area contributed by atoms with Crippen molar-refractivity contribution in [2.45, 2.75) is 19.3 Å². The SMILES string of the molecule is CC(=O)Oc1ccc2c(c1)[C@@H](c1ccccc1)CC(=O)O2. The molecule has 1 aliphatic heterocycles. The summed E-state index contributed by atoms with van der Waals surface area (Å²) in [6.45, 7) is 1.36. The molecule has 0 N–H and O–H groups in total. The zero-order chi connectivity index (χ0) is 14.8. The molecule has 3 rings (SSSR count). The molecular formula is C17H14O4. The minimum absolute atomic E-state index is 0.0852. The summed E-state index contributed by atoms with van der Waals surface area (Å²) in [5, 5.41) is 0. The summed E-state index contributed by atoms with van der Waals surface area (Å²) in [5.74, 6) is 0.268. The van der Waals surface area contributed by atoms with Gasteiger partial charge >= 0.3 is 11.9 Å². The van der Waals surface area contributed by atoms with Crippen LogP contribution < -0.4 is 9.47 Å². The van der Waals surface area contributed by atoms with E-state index in [1.807, 2.05) is 30.3 Å². The highest BCUT2D eigenvalue weighted by Gasteiger charge is 2.28. The van der Waals surface area contributed by atoms with E-state index in [2.05, 4.69) is 0 Å². The van der Waals surface area contributed by atoms with Gasteiger partial charge in [-0.15, -0.1) is 0 Å². The number of carbonyl (C=O) groups is 2. The molecule has 0 aliphatic carbocycles. The zero-order valence-electron chi connectivity index (χ0n) is 11.5. The van der Waals surface area contributed by atoms with Gasteiger partial charge in [-0.1, -0.05) is 30.3 Å². The molecule has 2 aromatic rings. The Morgan fingerprint density at radius 3 is 2.67 bits per heavy atom. The normalized spacial score (nSPS) is 16.8. The minimum Gasteiger partial charge on any atom is -0.427 e. The van der Waals surface area contributed by atoms with E-state index >= 15 is 0 Å². The van der Waals surface area contributed by atoms with Gasteiger partial charge in [0, 0.05) is 18.4 Å². The first-order chi connectivity index (χ1) is 10.1. The number of rotatable bonds is 2. The van der Waals surface area contributed by atoms with Crippen LogP contribution in [0.4, 0.5) is 0 Å². The number of carbonyl (C=O) groups excluding carboxylic acids is 2. The lowest BCUT2D eigenvalue weighted by atomic mass is 9.86. The van der Waals surface area contributed by atoms with Crippen LogP contribution in [0.25, 0.3) is 0 Å². The topological polar surface area (TPSA) is 52.6 Å². The molecule has 21 heavy (non-hydrogen) atoms. The van der Waals surface area contributed by atoms with Gasteiger partial charge < -0.3 is 9.47 Å². The van der Waals surface area contributed by atoms with Crippen LogP contribution in [0.1, 0.15) is 30.4 Å². The maximum Gasteiger partial charge on any atom is 0.312 e. The van der Waals surface area contributed by atoms with Crippen molar-refractivity contribution < 1.29 is 19.1 Å². The fourth-order valence-corrected chi connectivity index (χ4v) is 2.54. The van der Waals surface area contributed by atoms with E-state index in [0.29, 0.717) is 11.5 Å². The molecule has 0 unspecified atom stereocenters. The maximum atomic E-state index is 11.8. The van der Waals surface area contributed by atoms with Gasteiger partial charge in [-0.05, 0) is 23.8 Å². The summed E-state index contributed by atoms with van der Waals surface area (Å²) < 4.78 is 10.4. The van der Waals surface area contributed by atoms with Crippen LogP contribution in [-0.4, -0.2) is 11.9 Å². The fourth-order valence-electron chi connectivity index (χ4n) is 2.54. The van der Waals surface area contributed by atoms with Crippen molar-refractivity contribution >= 4 is 11.9 Å². The molecule has 106 valence electrons. The van der Waals surface area contributed by atoms with Gasteiger partial charge in [0.2, 0.25) is 0 Å². The third kappa shape index (κ3) is 2.79. The van der Waals surface area contributed by atoms with Crippen molar-refractivity contribution in [3.05, 3.63) is 59.7 Å². The molecule has 0 radical (unpaired) electrons. The van der Waals surface area contributed by atoms with Gasteiger partial charge in [0.15, 0.2) is 0 Å². The molecule has 0 fully saturated rings. The number of benzene rings is 2. The second kappa shape index (κ2) is 5.40. The number of esters is 2. The largest absolute Gasteiger partial charge is 0.427 e. The number of hydrogen-bond donors (Lipinski definition) is 0. The third-order valence-electron chi connectivity index (χ3n) is 3.41. The van der Waals surface area contributed by atoms with E-state index in [4.69, 9.17) is 9.47 Å². The van der Waals surface area contributed by atoms with Gasteiger partial charge in [-0.3, -0.25) is 9.59 Å². The average molecular weight is 282 g/mol. The quantitative estimate of drug-likeness (QED) is 0.627. The van der Waals surface area contributed by atoms with Crippen LogP contribution in [0.3, 0.4) is 0 Å². The molecule has 0 aromatic heterocycles. The molecule has 0 saturated heterocycles. The highest BCUT2D eigenvalue weighted by Crippen LogP contribution is 2.40. The maximum absolute atomic E-state index is 11.8. The lowest BCUT2D eigenvalue weighted by molar-refractivity contribution is -0.136. The van der Waals surface area contributed by atoms with Crippen molar-refractivity contribution in [3.8, 4) is 11.5 Å². The van der Waals surface area contributed by atoms with Crippen molar-refractivity contribution in [1.82, 2.24) is 0 Å². The molecule has 0 saturated carbocycles. The van der Waals surface area contributed by atoms with Gasteiger partial charge in [0.05, 0.1) is 6.42 Å². The molecule has 2 aromatic carbocycles. The lowest BCUT2D eigenvalue weighted by Gasteiger charge is -2.25. The standard InChI is InChI=1S/C17H14O4/c1-11(18)20-13-7-8-16-15(9-13)14(10-17(19)21-16)12-5-3-2-4-6-12/h2-9,14H,10H2,1H3/t14-/m1/s1. The van der Waals surface area contributed by atoms with E-state index in [1.165, 1.54) is 6.92 Å². The van der Waals surface area contributed by atoms with Crippen LogP contribution >= 0.6 is 0 Å². The molecule has 4 heteroatoms. The average Bonchev–Trinajstić information content (AvgIpc) is 2.47. The summed E-state index contributed by atoms with van der Waals surface area (Å²) in [5.41, 5.74) is 1.90.